The van der Waals surface area contributed by atoms with Crippen LogP contribution in [0.2, 0.25) is 0 Å². The van der Waals surface area contributed by atoms with E-state index in [1.807, 2.05) is 0 Å². The zero-order chi connectivity index (χ0) is 45.5. The number of anilines is 3. The third-order valence-electron chi connectivity index (χ3n) is 16.3. The number of hydrogen-bond donors (Lipinski definition) is 0. The number of para-hydroxylation sites is 1. The Bertz CT molecular complexity index is 3690. The van der Waals surface area contributed by atoms with Gasteiger partial charge in [0.25, 0.3) is 0 Å². The van der Waals surface area contributed by atoms with E-state index in [-0.39, 0.29) is 10.8 Å². The summed E-state index contributed by atoms with van der Waals surface area (Å²) in [6.45, 7) is 9.52. The molecule has 68 heavy (non-hydrogen) atoms. The molecule has 1 spiro atoms. The summed E-state index contributed by atoms with van der Waals surface area (Å²) in [6, 6.07) is 84.9. The van der Waals surface area contributed by atoms with Gasteiger partial charge < -0.3 is 4.90 Å². The van der Waals surface area contributed by atoms with Crippen LogP contribution in [0.5, 0.6) is 0 Å². The van der Waals surface area contributed by atoms with Crippen LogP contribution in [-0.2, 0) is 16.2 Å². The van der Waals surface area contributed by atoms with Gasteiger partial charge in [0.1, 0.15) is 0 Å². The van der Waals surface area contributed by atoms with Gasteiger partial charge in [0.05, 0.1) is 11.1 Å². The van der Waals surface area contributed by atoms with Gasteiger partial charge in [-0.05, 0) is 142 Å². The fourth-order valence-electron chi connectivity index (χ4n) is 13.3. The standard InChI is InChI=1S/C67H49N/c1-65(2)56-26-11-5-18-46(56)51-38-34-43(40-61(51)65)42-32-35-44(36-33-42)68(63-31-16-10-23-53(63)55-25-17-24-54-50-22-6-12-27-57(50)66(3,4)64(54)55)45-37-39-52-49-21-9-15-30-60(49)67(62(52)41-45)58-28-13-7-19-47(58)48-20-8-14-29-59(48)67/h5-41H,1-4H3. The lowest BCUT2D eigenvalue weighted by molar-refractivity contribution is 0.660. The lowest BCUT2D eigenvalue weighted by atomic mass is 9.70. The molecule has 0 radical (unpaired) electrons. The van der Waals surface area contributed by atoms with Gasteiger partial charge in [-0.1, -0.05) is 216 Å². The molecule has 0 aliphatic heterocycles. The Balaban J connectivity index is 0.983. The largest absolute Gasteiger partial charge is 0.310 e. The Morgan fingerprint density at radius 2 is 0.662 bits per heavy atom. The van der Waals surface area contributed by atoms with Crippen LogP contribution in [-0.4, -0.2) is 0 Å². The molecule has 0 N–H and O–H groups in total. The van der Waals surface area contributed by atoms with Crippen molar-refractivity contribution in [2.45, 2.75) is 43.9 Å². The van der Waals surface area contributed by atoms with Crippen molar-refractivity contribution in [3.8, 4) is 66.8 Å². The van der Waals surface area contributed by atoms with Crippen molar-refractivity contribution in [2.24, 2.45) is 0 Å². The number of benzene rings is 10. The summed E-state index contributed by atoms with van der Waals surface area (Å²) in [5, 5.41) is 0. The van der Waals surface area contributed by atoms with Crippen LogP contribution in [0.4, 0.5) is 17.1 Å². The second-order valence-electron chi connectivity index (χ2n) is 20.3. The van der Waals surface area contributed by atoms with Crippen molar-refractivity contribution in [1.29, 1.82) is 0 Å². The maximum Gasteiger partial charge on any atom is 0.0726 e. The first-order chi connectivity index (χ1) is 33.3. The third-order valence-corrected chi connectivity index (χ3v) is 16.3. The predicted molar refractivity (Wildman–Crippen MR) is 283 cm³/mol. The van der Waals surface area contributed by atoms with E-state index in [4.69, 9.17) is 0 Å². The van der Waals surface area contributed by atoms with Crippen LogP contribution < -0.4 is 4.90 Å². The van der Waals surface area contributed by atoms with Gasteiger partial charge in [-0.2, -0.15) is 0 Å². The molecule has 4 aliphatic rings. The molecule has 0 atom stereocenters. The summed E-state index contributed by atoms with van der Waals surface area (Å²) in [5.41, 5.74) is 29.1. The van der Waals surface area contributed by atoms with Crippen molar-refractivity contribution in [2.75, 3.05) is 4.90 Å². The fourth-order valence-corrected chi connectivity index (χ4v) is 13.3. The third kappa shape index (κ3) is 5.11. The fraction of sp³-hybridized carbons (Fsp3) is 0.104. The van der Waals surface area contributed by atoms with Gasteiger partial charge in [0, 0.05) is 27.8 Å². The molecule has 10 aromatic carbocycles. The smallest absolute Gasteiger partial charge is 0.0726 e. The van der Waals surface area contributed by atoms with E-state index in [1.54, 1.807) is 0 Å². The van der Waals surface area contributed by atoms with E-state index in [9.17, 15) is 0 Å². The molecule has 0 bridgehead atoms. The highest BCUT2D eigenvalue weighted by Crippen LogP contribution is 2.64. The molecule has 0 heterocycles. The van der Waals surface area contributed by atoms with Gasteiger partial charge in [-0.25, -0.2) is 0 Å². The monoisotopic (exact) mass is 867 g/mol. The summed E-state index contributed by atoms with van der Waals surface area (Å²) in [5.74, 6) is 0. The normalized spacial score (nSPS) is 15.1. The van der Waals surface area contributed by atoms with Crippen LogP contribution >= 0.6 is 0 Å². The zero-order valence-electron chi connectivity index (χ0n) is 38.8. The molecule has 14 rings (SSSR count). The van der Waals surface area contributed by atoms with Gasteiger partial charge >= 0.3 is 0 Å². The number of nitrogens with zero attached hydrogens (tertiary/aromatic N) is 1. The quantitative estimate of drug-likeness (QED) is 0.167. The maximum absolute atomic E-state index is 2.53. The lowest BCUT2D eigenvalue weighted by Crippen LogP contribution is -2.26. The van der Waals surface area contributed by atoms with E-state index in [2.05, 4.69) is 257 Å². The highest BCUT2D eigenvalue weighted by molar-refractivity contribution is 5.99. The summed E-state index contributed by atoms with van der Waals surface area (Å²) in [7, 11) is 0. The molecular formula is C67H49N. The Hall–Kier alpha value is -8.00. The van der Waals surface area contributed by atoms with Crippen molar-refractivity contribution < 1.29 is 0 Å². The minimum Gasteiger partial charge on any atom is -0.310 e. The summed E-state index contributed by atoms with van der Waals surface area (Å²) in [6.07, 6.45) is 0. The summed E-state index contributed by atoms with van der Waals surface area (Å²) >= 11 is 0. The van der Waals surface area contributed by atoms with Crippen LogP contribution in [0, 0.1) is 0 Å². The topological polar surface area (TPSA) is 3.24 Å². The molecule has 0 aromatic heterocycles. The molecule has 0 saturated heterocycles. The second kappa shape index (κ2) is 14.0. The maximum atomic E-state index is 2.53. The van der Waals surface area contributed by atoms with E-state index in [1.165, 1.54) is 111 Å². The van der Waals surface area contributed by atoms with Gasteiger partial charge in [0.15, 0.2) is 0 Å². The molecule has 322 valence electrons. The molecule has 4 aliphatic carbocycles. The van der Waals surface area contributed by atoms with Crippen LogP contribution in [0.3, 0.4) is 0 Å². The Labute approximate surface area is 399 Å². The van der Waals surface area contributed by atoms with Crippen molar-refractivity contribution in [3.05, 3.63) is 269 Å². The van der Waals surface area contributed by atoms with E-state index in [0.717, 1.165) is 17.1 Å². The first-order valence-electron chi connectivity index (χ1n) is 24.2. The van der Waals surface area contributed by atoms with Crippen molar-refractivity contribution in [3.63, 3.8) is 0 Å². The molecule has 0 fully saturated rings. The average Bonchev–Trinajstić information content (AvgIpc) is 4.02. The van der Waals surface area contributed by atoms with E-state index >= 15 is 0 Å². The molecule has 10 aromatic rings. The molecule has 0 unspecified atom stereocenters. The molecular weight excluding hydrogens is 819 g/mol. The van der Waals surface area contributed by atoms with Gasteiger partial charge in [-0.3, -0.25) is 0 Å². The Morgan fingerprint density at radius 1 is 0.265 bits per heavy atom. The minimum atomic E-state index is -0.457. The SMILES string of the molecule is CC1(C)c2ccccc2-c2ccc(-c3ccc(N(c4ccc5c(c4)C4(c6ccccc6-c6ccccc64)c4ccccc4-5)c4ccccc4-c4cccc5c4C(C)(C)c4ccccc4-5)cc3)cc21. The van der Waals surface area contributed by atoms with E-state index < -0.39 is 5.41 Å². The molecule has 1 nitrogen and oxygen atoms in total. The van der Waals surface area contributed by atoms with Crippen LogP contribution in [0.1, 0.15) is 72.2 Å². The highest BCUT2D eigenvalue weighted by Gasteiger charge is 2.52. The minimum absolute atomic E-state index is 0.0686. The highest BCUT2D eigenvalue weighted by atomic mass is 15.1. The summed E-state index contributed by atoms with van der Waals surface area (Å²) < 4.78 is 0. The first kappa shape index (κ1) is 39.2. The second-order valence-corrected chi connectivity index (χ2v) is 20.3. The molecule has 0 amide bonds. The predicted octanol–water partition coefficient (Wildman–Crippen LogP) is 17.4. The average molecular weight is 868 g/mol. The van der Waals surface area contributed by atoms with Crippen LogP contribution in [0.25, 0.3) is 66.8 Å². The number of hydrogen-bond acceptors (Lipinski definition) is 1. The number of fused-ring (bicyclic) bond motifs is 16. The lowest BCUT2D eigenvalue weighted by Gasteiger charge is -2.33. The van der Waals surface area contributed by atoms with Gasteiger partial charge in [-0.15, -0.1) is 0 Å². The zero-order valence-corrected chi connectivity index (χ0v) is 38.8. The van der Waals surface area contributed by atoms with Crippen molar-refractivity contribution in [1.82, 2.24) is 0 Å². The van der Waals surface area contributed by atoms with Gasteiger partial charge in [0.2, 0.25) is 0 Å². The van der Waals surface area contributed by atoms with Crippen molar-refractivity contribution >= 4 is 17.1 Å². The molecule has 0 saturated carbocycles. The van der Waals surface area contributed by atoms with Crippen LogP contribution in [0.15, 0.2) is 224 Å². The summed E-state index contributed by atoms with van der Waals surface area (Å²) in [4.78, 5) is 2.53. The number of rotatable bonds is 5. The molecule has 1 heteroatoms. The Morgan fingerprint density at radius 3 is 1.26 bits per heavy atom. The first-order valence-corrected chi connectivity index (χ1v) is 24.2. The Kier molecular flexibility index (Phi) is 8.08. The van der Waals surface area contributed by atoms with E-state index in [0.29, 0.717) is 0 Å².